The molecule has 0 radical (unpaired) electrons. The van der Waals surface area contributed by atoms with E-state index in [1.807, 2.05) is 43.3 Å². The maximum absolute atomic E-state index is 10.1. The number of hydrogen-bond acceptors (Lipinski definition) is 3. The molecule has 0 aliphatic rings. The molecule has 0 bridgehead atoms. The third-order valence-corrected chi connectivity index (χ3v) is 3.83. The van der Waals surface area contributed by atoms with Gasteiger partial charge in [-0.1, -0.05) is 29.8 Å². The maximum atomic E-state index is 10.1. The van der Waals surface area contributed by atoms with E-state index in [-0.39, 0.29) is 17.8 Å². The zero-order valence-electron chi connectivity index (χ0n) is 12.4. The van der Waals surface area contributed by atoms with E-state index in [2.05, 4.69) is 12.2 Å². The first-order chi connectivity index (χ1) is 10.0. The molecule has 0 heterocycles. The molecule has 21 heavy (non-hydrogen) atoms. The zero-order chi connectivity index (χ0) is 15.4. The Labute approximate surface area is 130 Å². The van der Waals surface area contributed by atoms with Crippen LogP contribution in [0.2, 0.25) is 5.02 Å². The third-order valence-electron chi connectivity index (χ3n) is 3.57. The molecule has 2 N–H and O–H groups in total. The van der Waals surface area contributed by atoms with E-state index < -0.39 is 0 Å². The average molecular weight is 306 g/mol. The summed E-state index contributed by atoms with van der Waals surface area (Å²) in [5.74, 6) is 0.881. The summed E-state index contributed by atoms with van der Waals surface area (Å²) in [6.45, 7) is 4.11. The van der Waals surface area contributed by atoms with Gasteiger partial charge in [-0.2, -0.15) is 0 Å². The van der Waals surface area contributed by atoms with Gasteiger partial charge in [0.05, 0.1) is 7.11 Å². The highest BCUT2D eigenvalue weighted by Crippen LogP contribution is 2.30. The van der Waals surface area contributed by atoms with Crippen molar-refractivity contribution in [2.75, 3.05) is 7.11 Å². The maximum Gasteiger partial charge on any atom is 0.124 e. The Morgan fingerprint density at radius 3 is 2.29 bits per heavy atom. The smallest absolute Gasteiger partial charge is 0.124 e. The van der Waals surface area contributed by atoms with Gasteiger partial charge in [-0.15, -0.1) is 0 Å². The first-order valence-electron chi connectivity index (χ1n) is 6.89. The van der Waals surface area contributed by atoms with Gasteiger partial charge in [0, 0.05) is 28.7 Å². The van der Waals surface area contributed by atoms with E-state index in [4.69, 9.17) is 16.3 Å². The van der Waals surface area contributed by atoms with E-state index in [0.717, 1.165) is 16.1 Å². The number of methoxy groups -OCH3 is 1. The van der Waals surface area contributed by atoms with Crippen molar-refractivity contribution < 1.29 is 9.84 Å². The van der Waals surface area contributed by atoms with Crippen LogP contribution in [0.5, 0.6) is 11.5 Å². The minimum Gasteiger partial charge on any atom is -0.507 e. The average Bonchev–Trinajstić information content (AvgIpc) is 2.47. The monoisotopic (exact) mass is 305 g/mol. The van der Waals surface area contributed by atoms with Crippen LogP contribution < -0.4 is 10.1 Å². The van der Waals surface area contributed by atoms with Crippen LogP contribution in [-0.4, -0.2) is 12.2 Å². The largest absolute Gasteiger partial charge is 0.507 e. The molecule has 2 aromatic carbocycles. The molecule has 4 heteroatoms. The van der Waals surface area contributed by atoms with Gasteiger partial charge in [0.25, 0.3) is 0 Å². The van der Waals surface area contributed by atoms with Crippen molar-refractivity contribution in [3.05, 3.63) is 58.6 Å². The summed E-state index contributed by atoms with van der Waals surface area (Å²) in [5, 5.41) is 14.3. The molecular weight excluding hydrogens is 286 g/mol. The predicted octanol–water partition coefficient (Wildman–Crippen LogP) is 4.47. The Morgan fingerprint density at radius 1 is 1.05 bits per heavy atom. The standard InChI is InChI=1S/C17H20ClNO2/c1-11(13-4-6-14(18)7-5-13)19-12(2)16-9-8-15(21-3)10-17(16)20/h4-12,19-20H,1-3H3/t11-,12?/m1/s1. The Morgan fingerprint density at radius 2 is 1.71 bits per heavy atom. The Bertz CT molecular complexity index is 598. The van der Waals surface area contributed by atoms with Crippen molar-refractivity contribution in [2.45, 2.75) is 25.9 Å². The number of phenolic OH excluding ortho intramolecular Hbond substituents is 1. The van der Waals surface area contributed by atoms with Crippen LogP contribution in [-0.2, 0) is 0 Å². The van der Waals surface area contributed by atoms with E-state index in [1.54, 1.807) is 13.2 Å². The van der Waals surface area contributed by atoms with Crippen LogP contribution in [0, 0.1) is 0 Å². The van der Waals surface area contributed by atoms with Gasteiger partial charge >= 0.3 is 0 Å². The summed E-state index contributed by atoms with van der Waals surface area (Å²) < 4.78 is 5.10. The molecule has 0 spiro atoms. The fraction of sp³-hybridized carbons (Fsp3) is 0.294. The van der Waals surface area contributed by atoms with E-state index in [0.29, 0.717) is 5.75 Å². The predicted molar refractivity (Wildman–Crippen MR) is 86.1 cm³/mol. The number of halogens is 1. The SMILES string of the molecule is COc1ccc(C(C)N[C@H](C)c2ccc(Cl)cc2)c(O)c1. The molecule has 1 unspecified atom stereocenters. The number of hydrogen-bond donors (Lipinski definition) is 2. The Balaban J connectivity index is 2.10. The number of phenols is 1. The Hall–Kier alpha value is -1.71. The van der Waals surface area contributed by atoms with Gasteiger partial charge in [0.1, 0.15) is 11.5 Å². The topological polar surface area (TPSA) is 41.5 Å². The highest BCUT2D eigenvalue weighted by molar-refractivity contribution is 6.30. The first kappa shape index (κ1) is 15.7. The van der Waals surface area contributed by atoms with Crippen molar-refractivity contribution in [1.82, 2.24) is 5.32 Å². The summed E-state index contributed by atoms with van der Waals surface area (Å²) in [6, 6.07) is 13.3. The van der Waals surface area contributed by atoms with E-state index >= 15 is 0 Å². The van der Waals surface area contributed by atoms with Gasteiger partial charge in [0.2, 0.25) is 0 Å². The quantitative estimate of drug-likeness (QED) is 0.856. The lowest BCUT2D eigenvalue weighted by molar-refractivity contribution is 0.402. The van der Waals surface area contributed by atoms with E-state index in [1.165, 1.54) is 0 Å². The van der Waals surface area contributed by atoms with Crippen LogP contribution in [0.3, 0.4) is 0 Å². The lowest BCUT2D eigenvalue weighted by atomic mass is 10.0. The summed E-state index contributed by atoms with van der Waals surface area (Å²) in [7, 11) is 1.58. The van der Waals surface area contributed by atoms with Crippen molar-refractivity contribution in [2.24, 2.45) is 0 Å². The fourth-order valence-corrected chi connectivity index (χ4v) is 2.46. The molecule has 2 aromatic rings. The molecule has 0 aromatic heterocycles. The van der Waals surface area contributed by atoms with Crippen LogP contribution in [0.4, 0.5) is 0 Å². The molecule has 0 saturated carbocycles. The van der Waals surface area contributed by atoms with Gasteiger partial charge in [-0.25, -0.2) is 0 Å². The van der Waals surface area contributed by atoms with Crippen LogP contribution >= 0.6 is 11.6 Å². The summed E-state index contributed by atoms with van der Waals surface area (Å²) >= 11 is 5.90. The van der Waals surface area contributed by atoms with Gasteiger partial charge < -0.3 is 15.2 Å². The van der Waals surface area contributed by atoms with Gasteiger partial charge in [0.15, 0.2) is 0 Å². The summed E-state index contributed by atoms with van der Waals surface area (Å²) in [5.41, 5.74) is 2.00. The van der Waals surface area contributed by atoms with Crippen LogP contribution in [0.1, 0.15) is 37.1 Å². The second kappa shape index (κ2) is 6.83. The third kappa shape index (κ3) is 3.90. The molecular formula is C17H20ClNO2. The minimum atomic E-state index is 0.0154. The number of benzene rings is 2. The molecule has 112 valence electrons. The van der Waals surface area contributed by atoms with Crippen molar-refractivity contribution >= 4 is 11.6 Å². The summed E-state index contributed by atoms with van der Waals surface area (Å²) in [4.78, 5) is 0. The zero-order valence-corrected chi connectivity index (χ0v) is 13.2. The number of rotatable bonds is 5. The highest BCUT2D eigenvalue weighted by Gasteiger charge is 2.14. The van der Waals surface area contributed by atoms with Gasteiger partial charge in [-0.05, 0) is 37.6 Å². The molecule has 3 nitrogen and oxygen atoms in total. The molecule has 0 amide bonds. The number of nitrogens with one attached hydrogen (secondary N) is 1. The van der Waals surface area contributed by atoms with Crippen LogP contribution in [0.15, 0.2) is 42.5 Å². The van der Waals surface area contributed by atoms with Crippen LogP contribution in [0.25, 0.3) is 0 Å². The van der Waals surface area contributed by atoms with Crippen molar-refractivity contribution in [3.63, 3.8) is 0 Å². The van der Waals surface area contributed by atoms with Crippen molar-refractivity contribution in [1.29, 1.82) is 0 Å². The second-order valence-electron chi connectivity index (χ2n) is 5.09. The lowest BCUT2D eigenvalue weighted by Crippen LogP contribution is -2.22. The number of ether oxygens (including phenoxy) is 1. The molecule has 2 rings (SSSR count). The van der Waals surface area contributed by atoms with Crippen molar-refractivity contribution in [3.8, 4) is 11.5 Å². The van der Waals surface area contributed by atoms with E-state index in [9.17, 15) is 5.11 Å². The van der Waals surface area contributed by atoms with Gasteiger partial charge in [-0.3, -0.25) is 0 Å². The number of aromatic hydroxyl groups is 1. The highest BCUT2D eigenvalue weighted by atomic mass is 35.5. The second-order valence-corrected chi connectivity index (χ2v) is 5.52. The lowest BCUT2D eigenvalue weighted by Gasteiger charge is -2.21. The molecule has 0 aliphatic heterocycles. The fourth-order valence-electron chi connectivity index (χ4n) is 2.33. The summed E-state index contributed by atoms with van der Waals surface area (Å²) in [6.07, 6.45) is 0. The first-order valence-corrected chi connectivity index (χ1v) is 7.27. The normalized spacial score (nSPS) is 13.7. The molecule has 0 fully saturated rings. The Kier molecular flexibility index (Phi) is 5.10. The minimum absolute atomic E-state index is 0.0154. The molecule has 0 aliphatic carbocycles. The molecule has 2 atom stereocenters. The molecule has 0 saturated heterocycles.